The molecule has 0 saturated carbocycles. The van der Waals surface area contributed by atoms with Gasteiger partial charge in [-0.25, -0.2) is 0 Å². The van der Waals surface area contributed by atoms with E-state index in [-0.39, 0.29) is 5.41 Å². The zero-order valence-corrected chi connectivity index (χ0v) is 31.9. The number of hydrogen-bond donors (Lipinski definition) is 0. The molecule has 10 aromatic rings. The van der Waals surface area contributed by atoms with Crippen molar-refractivity contribution in [2.45, 2.75) is 19.3 Å². The van der Waals surface area contributed by atoms with E-state index >= 15 is 0 Å². The lowest BCUT2D eigenvalue weighted by atomic mass is 9.82. The largest absolute Gasteiger partial charge is 0.455 e. The van der Waals surface area contributed by atoms with Gasteiger partial charge in [-0.2, -0.15) is 0 Å². The molecule has 0 spiro atoms. The number of hydrogen-bond acceptors (Lipinski definition) is 2. The van der Waals surface area contributed by atoms with E-state index in [1.807, 2.05) is 0 Å². The minimum atomic E-state index is -0.132. The predicted molar refractivity (Wildman–Crippen MR) is 240 cm³/mol. The van der Waals surface area contributed by atoms with E-state index in [1.54, 1.807) is 0 Å². The van der Waals surface area contributed by atoms with Crippen LogP contribution in [-0.2, 0) is 5.41 Å². The Labute approximate surface area is 332 Å². The molecule has 0 aliphatic heterocycles. The minimum Gasteiger partial charge on any atom is -0.455 e. The van der Waals surface area contributed by atoms with Crippen LogP contribution in [0.2, 0.25) is 0 Å². The molecule has 1 aliphatic rings. The number of benzene rings is 9. The molecule has 0 radical (unpaired) electrons. The van der Waals surface area contributed by atoms with Gasteiger partial charge in [-0.05, 0) is 98.1 Å². The van der Waals surface area contributed by atoms with E-state index < -0.39 is 0 Å². The van der Waals surface area contributed by atoms with Crippen LogP contribution < -0.4 is 4.90 Å². The van der Waals surface area contributed by atoms with Crippen LogP contribution in [0.3, 0.4) is 0 Å². The van der Waals surface area contributed by atoms with Crippen molar-refractivity contribution in [3.63, 3.8) is 0 Å². The van der Waals surface area contributed by atoms with Crippen molar-refractivity contribution in [2.75, 3.05) is 4.90 Å². The quantitative estimate of drug-likeness (QED) is 0.169. The van der Waals surface area contributed by atoms with Gasteiger partial charge in [-0.3, -0.25) is 0 Å². The molecule has 0 fully saturated rings. The van der Waals surface area contributed by atoms with Crippen molar-refractivity contribution in [1.29, 1.82) is 0 Å². The molecule has 0 amide bonds. The van der Waals surface area contributed by atoms with Gasteiger partial charge >= 0.3 is 0 Å². The summed E-state index contributed by atoms with van der Waals surface area (Å²) < 4.78 is 6.75. The summed E-state index contributed by atoms with van der Waals surface area (Å²) in [5, 5.41) is 4.43. The molecule has 2 heteroatoms. The summed E-state index contributed by atoms with van der Waals surface area (Å²) in [5.74, 6) is 0. The minimum absolute atomic E-state index is 0.132. The van der Waals surface area contributed by atoms with Gasteiger partial charge in [0.1, 0.15) is 11.2 Å². The van der Waals surface area contributed by atoms with Crippen molar-refractivity contribution in [3.8, 4) is 44.5 Å². The van der Waals surface area contributed by atoms with Crippen molar-refractivity contribution in [3.05, 3.63) is 211 Å². The summed E-state index contributed by atoms with van der Waals surface area (Å²) in [5.41, 5.74) is 17.5. The zero-order valence-electron chi connectivity index (χ0n) is 31.9. The van der Waals surface area contributed by atoms with Crippen LogP contribution in [-0.4, -0.2) is 0 Å². The average molecular weight is 730 g/mol. The summed E-state index contributed by atoms with van der Waals surface area (Å²) >= 11 is 0. The molecular weight excluding hydrogens is 691 g/mol. The Balaban J connectivity index is 1.11. The van der Waals surface area contributed by atoms with Crippen molar-refractivity contribution >= 4 is 49.8 Å². The molecule has 0 bridgehead atoms. The molecular formula is C55H39NO. The van der Waals surface area contributed by atoms with Crippen LogP contribution in [0.5, 0.6) is 0 Å². The second-order valence-electron chi connectivity index (χ2n) is 15.7. The lowest BCUT2D eigenvalue weighted by molar-refractivity contribution is 0.660. The van der Waals surface area contributed by atoms with Crippen LogP contribution in [0.1, 0.15) is 25.0 Å². The lowest BCUT2D eigenvalue weighted by Crippen LogP contribution is -2.16. The first-order chi connectivity index (χ1) is 28.0. The number of fused-ring (bicyclic) bond motifs is 8. The topological polar surface area (TPSA) is 16.4 Å². The Morgan fingerprint density at radius 2 is 0.895 bits per heavy atom. The molecule has 1 heterocycles. The fourth-order valence-electron chi connectivity index (χ4n) is 9.12. The summed E-state index contributed by atoms with van der Waals surface area (Å²) in [6.45, 7) is 4.71. The maximum atomic E-state index is 6.75. The molecule has 1 aliphatic carbocycles. The van der Waals surface area contributed by atoms with E-state index in [2.05, 4.69) is 219 Å². The Hall–Kier alpha value is -7.16. The molecule has 0 N–H and O–H groups in total. The highest BCUT2D eigenvalue weighted by atomic mass is 16.3. The zero-order chi connectivity index (χ0) is 38.1. The fourth-order valence-corrected chi connectivity index (χ4v) is 9.12. The first-order valence-corrected chi connectivity index (χ1v) is 19.8. The predicted octanol–water partition coefficient (Wildman–Crippen LogP) is 15.5. The first kappa shape index (κ1) is 33.2. The molecule has 2 nitrogen and oxygen atoms in total. The van der Waals surface area contributed by atoms with Crippen LogP contribution in [0.15, 0.2) is 205 Å². The number of anilines is 3. The summed E-state index contributed by atoms with van der Waals surface area (Å²) in [4.78, 5) is 2.45. The van der Waals surface area contributed by atoms with Crippen LogP contribution in [0.4, 0.5) is 17.1 Å². The van der Waals surface area contributed by atoms with Crippen molar-refractivity contribution in [1.82, 2.24) is 0 Å². The van der Waals surface area contributed by atoms with E-state index in [1.165, 1.54) is 50.1 Å². The maximum absolute atomic E-state index is 6.75. The second-order valence-corrected chi connectivity index (χ2v) is 15.7. The average Bonchev–Trinajstić information content (AvgIpc) is 3.76. The third-order valence-electron chi connectivity index (χ3n) is 12.1. The van der Waals surface area contributed by atoms with Gasteiger partial charge in [0.2, 0.25) is 0 Å². The smallest absolute Gasteiger partial charge is 0.143 e. The normalized spacial score (nSPS) is 12.9. The highest BCUT2D eigenvalue weighted by Crippen LogP contribution is 2.52. The Kier molecular flexibility index (Phi) is 7.55. The third-order valence-corrected chi connectivity index (χ3v) is 12.1. The highest BCUT2D eigenvalue weighted by molar-refractivity contribution is 6.20. The first-order valence-electron chi connectivity index (χ1n) is 19.8. The van der Waals surface area contributed by atoms with Gasteiger partial charge < -0.3 is 9.32 Å². The summed E-state index contributed by atoms with van der Waals surface area (Å²) in [6, 6.07) is 72.6. The molecule has 270 valence electrons. The van der Waals surface area contributed by atoms with Gasteiger partial charge in [-0.15, -0.1) is 0 Å². The van der Waals surface area contributed by atoms with Gasteiger partial charge in [0.25, 0.3) is 0 Å². The number of rotatable bonds is 6. The second kappa shape index (κ2) is 13.0. The van der Waals surface area contributed by atoms with Gasteiger partial charge in [0.05, 0.1) is 5.69 Å². The van der Waals surface area contributed by atoms with Gasteiger partial charge in [0, 0.05) is 38.3 Å². The summed E-state index contributed by atoms with van der Waals surface area (Å²) in [7, 11) is 0. The number of nitrogens with zero attached hydrogens (tertiary/aromatic N) is 1. The summed E-state index contributed by atoms with van der Waals surface area (Å²) in [6.07, 6.45) is 0. The molecule has 1 aromatic heterocycles. The van der Waals surface area contributed by atoms with Crippen molar-refractivity contribution in [2.24, 2.45) is 0 Å². The fraction of sp³-hybridized carbons (Fsp3) is 0.0545. The monoisotopic (exact) mass is 729 g/mol. The van der Waals surface area contributed by atoms with Crippen LogP contribution in [0, 0.1) is 0 Å². The molecule has 0 atom stereocenters. The highest BCUT2D eigenvalue weighted by Gasteiger charge is 2.36. The van der Waals surface area contributed by atoms with E-state index in [0.29, 0.717) is 0 Å². The Morgan fingerprint density at radius 1 is 0.368 bits per heavy atom. The molecule has 11 rings (SSSR count). The van der Waals surface area contributed by atoms with Gasteiger partial charge in [-0.1, -0.05) is 172 Å². The SMILES string of the molecule is CC1(C)c2ccccc2-c2ccc(N(c3ccc(-c4ccccc4)cc3)c3cc4c5cc(-c6ccc(-c7ccccc7)cc6)ccc5oc4c4ccccc34)cc21. The van der Waals surface area contributed by atoms with Crippen LogP contribution >= 0.6 is 0 Å². The standard InChI is InChI=1S/C55H39NO/c1-55(2)50-20-12-11-17-44(50)45-31-30-43(34-51(45)55)56(42-28-25-39(26-29-42)37-15-7-4-8-16-37)52-35-49-48-33-41(40-23-21-38(22-24-40)36-13-5-3-6-14-36)27-32-53(48)57-54(49)47-19-10-9-18-46(47)52/h3-35H,1-2H3. The van der Waals surface area contributed by atoms with E-state index in [0.717, 1.165) is 55.3 Å². The van der Waals surface area contributed by atoms with Gasteiger partial charge in [0.15, 0.2) is 0 Å². The maximum Gasteiger partial charge on any atom is 0.143 e. The third kappa shape index (κ3) is 5.40. The van der Waals surface area contributed by atoms with Crippen molar-refractivity contribution < 1.29 is 4.42 Å². The van der Waals surface area contributed by atoms with E-state index in [9.17, 15) is 0 Å². The Bertz CT molecular complexity index is 3120. The van der Waals surface area contributed by atoms with Crippen LogP contribution in [0.25, 0.3) is 77.2 Å². The molecule has 9 aromatic carbocycles. The van der Waals surface area contributed by atoms with E-state index in [4.69, 9.17) is 4.42 Å². The Morgan fingerprint density at radius 3 is 1.60 bits per heavy atom. The molecule has 0 unspecified atom stereocenters. The number of furan rings is 1. The molecule has 0 saturated heterocycles. The lowest BCUT2D eigenvalue weighted by Gasteiger charge is -2.29. The molecule has 57 heavy (non-hydrogen) atoms.